The van der Waals surface area contributed by atoms with Gasteiger partial charge in [-0.05, 0) is 106 Å². The minimum Gasteiger partial charge on any atom is -0.347 e. The van der Waals surface area contributed by atoms with E-state index in [-0.39, 0.29) is 63.0 Å². The Morgan fingerprint density at radius 2 is 1.25 bits per heavy atom. The SMILES string of the molecule is CC[C@H](C)[C@@H]1NC(=O)[C@H](CC(C)C)N(C)C(=O)C[C@@H](C(=O)N(C)C)N(C)C(=O)[C@H](C2CCCCC2)N(C)C(=O)C2(CCCC2)NC(=O)C2CCCN2C(=O)[C@H](CCc2ccc(C(F)(F)F)c(Cl)c2)NC(=O)CN(C)C(=O)[C@H](Cc2ccc(C)cc2)N(C)C(=O)CN(C)C(=O)CN(C)C1=O. The first kappa shape index (κ1) is 80.1. The van der Waals surface area contributed by atoms with Crippen molar-refractivity contribution < 1.29 is 70.7 Å². The summed E-state index contributed by atoms with van der Waals surface area (Å²) in [6, 6.07) is 1.29. The van der Waals surface area contributed by atoms with Gasteiger partial charge < -0.3 is 60.0 Å². The van der Waals surface area contributed by atoms with E-state index in [9.17, 15) is 51.5 Å². The van der Waals surface area contributed by atoms with E-state index in [2.05, 4.69) is 16.0 Å². The molecule has 99 heavy (non-hydrogen) atoms. The number of nitrogens with zero attached hydrogens (tertiary/aromatic N) is 9. The van der Waals surface area contributed by atoms with Crippen LogP contribution in [0.25, 0.3) is 0 Å². The van der Waals surface area contributed by atoms with Gasteiger partial charge in [0, 0.05) is 76.4 Å². The van der Waals surface area contributed by atoms with Crippen LogP contribution in [0.2, 0.25) is 5.02 Å². The monoisotopic (exact) mass is 1410 g/mol. The summed E-state index contributed by atoms with van der Waals surface area (Å²) in [7, 11) is 12.7. The molecule has 1 unspecified atom stereocenters. The van der Waals surface area contributed by atoms with Gasteiger partial charge in [0.25, 0.3) is 0 Å². The highest BCUT2D eigenvalue weighted by Gasteiger charge is 2.51. The number of halogens is 4. The summed E-state index contributed by atoms with van der Waals surface area (Å²) in [5.41, 5.74) is -0.836. The fraction of sp³-hybridized carbons (Fsp3) is 0.662. The number of alkyl halides is 3. The summed E-state index contributed by atoms with van der Waals surface area (Å²) in [5, 5.41) is 8.07. The van der Waals surface area contributed by atoms with Crippen molar-refractivity contribution in [2.75, 3.05) is 89.6 Å². The topological polar surface area (TPSA) is 270 Å². The lowest BCUT2D eigenvalue weighted by Crippen LogP contribution is -2.65. The van der Waals surface area contributed by atoms with Crippen molar-refractivity contribution in [3.63, 3.8) is 0 Å². The van der Waals surface area contributed by atoms with Gasteiger partial charge in [0.15, 0.2) is 0 Å². The van der Waals surface area contributed by atoms with Crippen LogP contribution in [0.5, 0.6) is 0 Å². The summed E-state index contributed by atoms with van der Waals surface area (Å²) < 4.78 is 41.6. The van der Waals surface area contributed by atoms with Gasteiger partial charge in [-0.25, -0.2) is 0 Å². The van der Waals surface area contributed by atoms with Crippen molar-refractivity contribution in [1.29, 1.82) is 0 Å². The van der Waals surface area contributed by atoms with Crippen LogP contribution in [0.4, 0.5) is 13.2 Å². The van der Waals surface area contributed by atoms with Gasteiger partial charge >= 0.3 is 6.18 Å². The van der Waals surface area contributed by atoms with Crippen LogP contribution >= 0.6 is 11.6 Å². The van der Waals surface area contributed by atoms with Crippen molar-refractivity contribution in [2.45, 2.75) is 198 Å². The maximum Gasteiger partial charge on any atom is 0.417 e. The third kappa shape index (κ3) is 20.2. The minimum absolute atomic E-state index is 0.0191. The molecule has 12 amide bonds. The average molecular weight is 1410 g/mol. The summed E-state index contributed by atoms with van der Waals surface area (Å²) in [6.45, 7) is 7.33. The van der Waals surface area contributed by atoms with Gasteiger partial charge in [-0.2, -0.15) is 13.2 Å². The Morgan fingerprint density at radius 1 is 0.657 bits per heavy atom. The number of benzene rings is 2. The number of rotatable bonds is 11. The highest BCUT2D eigenvalue weighted by atomic mass is 35.5. The molecule has 2 aliphatic carbocycles. The van der Waals surface area contributed by atoms with Gasteiger partial charge in [0.1, 0.15) is 47.8 Å². The van der Waals surface area contributed by atoms with E-state index in [1.165, 1.54) is 94.0 Å². The van der Waals surface area contributed by atoms with E-state index in [1.807, 2.05) is 39.8 Å². The van der Waals surface area contributed by atoms with Crippen molar-refractivity contribution in [1.82, 2.24) is 60.0 Å². The van der Waals surface area contributed by atoms with Crippen LogP contribution in [0, 0.1) is 24.7 Å². The van der Waals surface area contributed by atoms with Crippen molar-refractivity contribution in [3.8, 4) is 0 Å². The smallest absolute Gasteiger partial charge is 0.347 e. The predicted molar refractivity (Wildman–Crippen MR) is 366 cm³/mol. The van der Waals surface area contributed by atoms with E-state index in [1.54, 1.807) is 19.1 Å². The number of carbonyl (C=O) groups is 12. The fourth-order valence-corrected chi connectivity index (χ4v) is 14.3. The summed E-state index contributed by atoms with van der Waals surface area (Å²) in [6.07, 6.45) is -0.0808. The summed E-state index contributed by atoms with van der Waals surface area (Å²) in [5.74, 6) is -9.37. The molecule has 0 bridgehead atoms. The van der Waals surface area contributed by atoms with E-state index in [4.69, 9.17) is 11.6 Å². The number of hydrogen-bond donors (Lipinski definition) is 3. The number of carbonyl (C=O) groups excluding carboxylic acids is 12. The molecule has 548 valence electrons. The standard InChI is InChI=1S/C71H104ClF3N12O12/c1-15-45(5)60-67(97)82(10)41-58(90)80(8)42-59(91)84(12)54(38-47-27-25-44(4)26-28-47)66(96)81(9)40-56(88)76-51(32-30-46-29-31-49(50(72)37-46)71(73,74)75)64(94)87-35-21-24-52(87)63(93)78-70(33-19-20-34-70)69(99)86(14)61(48-22-17-16-18-23-48)68(98)85(13)55(65(95)79(6)7)39-57(89)83(11)53(36-43(2)3)62(92)77-60/h25-29,31,37,43,45,48,51-55,60-61H,15-24,30,32-36,38-42H2,1-14H3,(H,76,88)(H,77,92)(H,78,93)/t45-,51-,52?,53-,54-,55-,60-,61-/m0/s1. The first-order chi connectivity index (χ1) is 46.4. The molecule has 0 radical (unpaired) electrons. The average Bonchev–Trinajstić information content (AvgIpc) is 1.70. The molecule has 2 saturated carbocycles. The zero-order valence-electron chi connectivity index (χ0n) is 60.1. The third-order valence-electron chi connectivity index (χ3n) is 20.4. The molecule has 3 N–H and O–H groups in total. The Hall–Kier alpha value is -7.84. The van der Waals surface area contributed by atoms with E-state index < -0.39 is 173 Å². The van der Waals surface area contributed by atoms with E-state index in [0.29, 0.717) is 44.1 Å². The van der Waals surface area contributed by atoms with Crippen molar-refractivity contribution in [2.24, 2.45) is 17.8 Å². The Morgan fingerprint density at radius 3 is 1.84 bits per heavy atom. The molecule has 2 aliphatic heterocycles. The Bertz CT molecular complexity index is 3270. The van der Waals surface area contributed by atoms with Crippen molar-refractivity contribution >= 4 is 82.5 Å². The molecule has 2 aromatic rings. The van der Waals surface area contributed by atoms with Gasteiger partial charge in [0.2, 0.25) is 70.9 Å². The second-order valence-corrected chi connectivity index (χ2v) is 28.9. The Labute approximate surface area is 585 Å². The third-order valence-corrected chi connectivity index (χ3v) is 20.7. The number of fused-ring (bicyclic) bond motifs is 1. The number of hydrogen-bond acceptors (Lipinski definition) is 12. The Balaban J connectivity index is 1.44. The van der Waals surface area contributed by atoms with E-state index >= 15 is 19.2 Å². The van der Waals surface area contributed by atoms with Gasteiger partial charge in [-0.1, -0.05) is 114 Å². The largest absolute Gasteiger partial charge is 0.417 e. The molecule has 28 heteroatoms. The molecule has 1 spiro atoms. The van der Waals surface area contributed by atoms with Crippen LogP contribution in [0.3, 0.4) is 0 Å². The number of aryl methyl sites for hydroxylation is 2. The number of nitrogens with one attached hydrogen (secondary N) is 3. The van der Waals surface area contributed by atoms with E-state index in [0.717, 1.165) is 56.6 Å². The van der Waals surface area contributed by atoms with Gasteiger partial charge in [-0.15, -0.1) is 0 Å². The van der Waals surface area contributed by atoms with Crippen LogP contribution < -0.4 is 16.0 Å². The maximum atomic E-state index is 15.6. The summed E-state index contributed by atoms with van der Waals surface area (Å²) in [4.78, 5) is 188. The predicted octanol–water partition coefficient (Wildman–Crippen LogP) is 5.08. The van der Waals surface area contributed by atoms with Crippen LogP contribution in [0.1, 0.15) is 146 Å². The second kappa shape index (κ2) is 35.0. The fourth-order valence-electron chi connectivity index (χ4n) is 14.0. The summed E-state index contributed by atoms with van der Waals surface area (Å²) >= 11 is 6.14. The number of amides is 12. The minimum atomic E-state index is -4.77. The van der Waals surface area contributed by atoms with Crippen molar-refractivity contribution in [3.05, 3.63) is 69.7 Å². The normalized spacial score (nSPS) is 25.0. The zero-order valence-corrected chi connectivity index (χ0v) is 60.9. The lowest BCUT2D eigenvalue weighted by Gasteiger charge is -2.43. The zero-order chi connectivity index (χ0) is 73.7. The molecule has 6 rings (SSSR count). The second-order valence-electron chi connectivity index (χ2n) is 28.5. The first-order valence-electron chi connectivity index (χ1n) is 34.6. The maximum absolute atomic E-state index is 15.6. The Kier molecular flexibility index (Phi) is 28.3. The van der Waals surface area contributed by atoms with Gasteiger partial charge in [0.05, 0.1) is 36.6 Å². The van der Waals surface area contributed by atoms with Gasteiger partial charge in [-0.3, -0.25) is 57.5 Å². The lowest BCUT2D eigenvalue weighted by molar-refractivity contribution is -0.156. The molecule has 4 aliphatic rings. The molecule has 0 aromatic heterocycles. The highest BCUT2D eigenvalue weighted by molar-refractivity contribution is 6.31. The first-order valence-corrected chi connectivity index (χ1v) is 34.9. The highest BCUT2D eigenvalue weighted by Crippen LogP contribution is 2.38. The molecule has 4 fully saturated rings. The molecular weight excluding hydrogens is 1310 g/mol. The quantitative estimate of drug-likeness (QED) is 0.266. The van der Waals surface area contributed by atoms with Crippen LogP contribution in [0.15, 0.2) is 42.5 Å². The molecule has 24 nitrogen and oxygen atoms in total. The number of likely N-dealkylation sites (N-methyl/N-ethyl adjacent to an activating group) is 8. The lowest BCUT2D eigenvalue weighted by atomic mass is 9.81. The molecule has 8 atom stereocenters. The molecule has 2 aromatic carbocycles. The van der Waals surface area contributed by atoms with Crippen LogP contribution in [-0.4, -0.2) is 252 Å². The van der Waals surface area contributed by atoms with Crippen LogP contribution in [-0.2, 0) is 76.6 Å². The molecular formula is C71H104ClF3N12O12. The molecule has 2 saturated heterocycles. The molecule has 2 heterocycles.